The Kier molecular flexibility index (Phi) is 8.73. The third kappa shape index (κ3) is 6.77. The Hall–Kier alpha value is -5.48. The molecule has 0 saturated heterocycles. The van der Waals surface area contributed by atoms with E-state index in [4.69, 9.17) is 5.84 Å². The topological polar surface area (TPSA) is 164 Å². The second-order valence-electron chi connectivity index (χ2n) is 9.59. The highest BCUT2D eigenvalue weighted by Gasteiger charge is 2.26. The molecule has 12 heteroatoms. The predicted molar refractivity (Wildman–Crippen MR) is 161 cm³/mol. The standard InChI is InChI=1S/C32H24FN5O5S/c33-27-17-24(44(42,43)38-30(32(40)41)16-21-4-2-1-3-5-21)13-12-22(27)9-6-20-7-10-23(11-8-20)29-18-25(31(39)37-34)26-19-35-15-14-28(26)36-29/h1-5,7-8,10-15,17-19,30,38H,16,34H2,(H,37,39)(H,40,41). The summed E-state index contributed by atoms with van der Waals surface area (Å²) < 4.78 is 42.8. The number of pyridine rings is 2. The lowest BCUT2D eigenvalue weighted by Gasteiger charge is -2.15. The van der Waals surface area contributed by atoms with E-state index in [1.165, 1.54) is 12.3 Å². The zero-order valence-electron chi connectivity index (χ0n) is 22.9. The zero-order valence-corrected chi connectivity index (χ0v) is 23.7. The van der Waals surface area contributed by atoms with Crippen molar-refractivity contribution in [3.63, 3.8) is 0 Å². The van der Waals surface area contributed by atoms with Crippen molar-refractivity contribution in [3.05, 3.63) is 125 Å². The summed E-state index contributed by atoms with van der Waals surface area (Å²) in [5, 5.41) is 10.1. The van der Waals surface area contributed by atoms with Gasteiger partial charge < -0.3 is 5.11 Å². The van der Waals surface area contributed by atoms with Crippen molar-refractivity contribution >= 4 is 32.8 Å². The van der Waals surface area contributed by atoms with Crippen LogP contribution in [0.3, 0.4) is 0 Å². The molecule has 5 rings (SSSR count). The highest BCUT2D eigenvalue weighted by molar-refractivity contribution is 7.89. The van der Waals surface area contributed by atoms with Gasteiger partial charge in [0.15, 0.2) is 0 Å². The van der Waals surface area contributed by atoms with Gasteiger partial charge >= 0.3 is 5.97 Å². The number of carboxylic acids is 1. The molecular weight excluding hydrogens is 585 g/mol. The number of sulfonamides is 1. The molecule has 0 aliphatic rings. The number of nitrogens with one attached hydrogen (secondary N) is 2. The van der Waals surface area contributed by atoms with Crippen molar-refractivity contribution in [2.45, 2.75) is 17.4 Å². The molecule has 0 saturated carbocycles. The molecule has 0 bridgehead atoms. The Morgan fingerprint density at radius 3 is 2.41 bits per heavy atom. The maximum Gasteiger partial charge on any atom is 0.322 e. The fraction of sp³-hybridized carbons (Fsp3) is 0.0625. The number of rotatable bonds is 8. The van der Waals surface area contributed by atoms with Gasteiger partial charge in [0.25, 0.3) is 5.91 Å². The largest absolute Gasteiger partial charge is 0.480 e. The summed E-state index contributed by atoms with van der Waals surface area (Å²) in [4.78, 5) is 32.3. The number of amides is 1. The van der Waals surface area contributed by atoms with Crippen molar-refractivity contribution in [2.75, 3.05) is 0 Å². The maximum atomic E-state index is 14.9. The monoisotopic (exact) mass is 609 g/mol. The number of halogens is 1. The summed E-state index contributed by atoms with van der Waals surface area (Å²) >= 11 is 0. The van der Waals surface area contributed by atoms with E-state index in [0.29, 0.717) is 38.9 Å². The van der Waals surface area contributed by atoms with Crippen LogP contribution in [-0.2, 0) is 21.2 Å². The first-order valence-electron chi connectivity index (χ1n) is 13.1. The van der Waals surface area contributed by atoms with E-state index < -0.39 is 38.7 Å². The molecule has 220 valence electrons. The molecule has 0 radical (unpaired) electrons. The number of fused-ring (bicyclic) bond motifs is 1. The second kappa shape index (κ2) is 12.8. The lowest BCUT2D eigenvalue weighted by molar-refractivity contribution is -0.138. The number of carboxylic acid groups (broad SMARTS) is 1. The van der Waals surface area contributed by atoms with Gasteiger partial charge in [-0.05, 0) is 54.4 Å². The minimum Gasteiger partial charge on any atom is -0.480 e. The van der Waals surface area contributed by atoms with Crippen LogP contribution < -0.4 is 16.0 Å². The number of hydrogen-bond acceptors (Lipinski definition) is 7. The van der Waals surface area contributed by atoms with Gasteiger partial charge in [0.05, 0.1) is 27.2 Å². The second-order valence-corrected chi connectivity index (χ2v) is 11.3. The zero-order chi connectivity index (χ0) is 31.3. The number of aromatic nitrogens is 2. The Bertz CT molecular complexity index is 2040. The van der Waals surface area contributed by atoms with Crippen LogP contribution in [0.15, 0.2) is 102 Å². The number of nitrogens with two attached hydrogens (primary N) is 1. The first-order valence-corrected chi connectivity index (χ1v) is 14.6. The van der Waals surface area contributed by atoms with Gasteiger partial charge in [-0.3, -0.25) is 20.0 Å². The lowest BCUT2D eigenvalue weighted by atomic mass is 10.0. The highest BCUT2D eigenvalue weighted by atomic mass is 32.2. The van der Waals surface area contributed by atoms with Crippen molar-refractivity contribution in [2.24, 2.45) is 5.84 Å². The van der Waals surface area contributed by atoms with E-state index in [1.54, 1.807) is 72.9 Å². The van der Waals surface area contributed by atoms with Crippen LogP contribution >= 0.6 is 0 Å². The fourth-order valence-corrected chi connectivity index (χ4v) is 5.60. The number of carbonyl (C=O) groups is 2. The van der Waals surface area contributed by atoms with E-state index in [0.717, 1.165) is 12.1 Å². The van der Waals surface area contributed by atoms with E-state index >= 15 is 0 Å². The highest BCUT2D eigenvalue weighted by Crippen LogP contribution is 2.25. The summed E-state index contributed by atoms with van der Waals surface area (Å²) in [5.74, 6) is 8.15. The third-order valence-electron chi connectivity index (χ3n) is 6.64. The number of benzene rings is 3. The molecule has 2 aromatic heterocycles. The summed E-state index contributed by atoms with van der Waals surface area (Å²) in [7, 11) is -4.35. The smallest absolute Gasteiger partial charge is 0.322 e. The van der Waals surface area contributed by atoms with E-state index in [9.17, 15) is 27.5 Å². The minimum absolute atomic E-state index is 0.0469. The molecule has 5 aromatic rings. The van der Waals surface area contributed by atoms with Gasteiger partial charge in [-0.25, -0.2) is 23.6 Å². The first-order chi connectivity index (χ1) is 21.1. The lowest BCUT2D eigenvalue weighted by Crippen LogP contribution is -2.42. The predicted octanol–water partition coefficient (Wildman–Crippen LogP) is 3.41. The Morgan fingerprint density at radius 1 is 0.977 bits per heavy atom. The summed E-state index contributed by atoms with van der Waals surface area (Å²) in [6, 6.07) is 20.5. The molecule has 1 atom stereocenters. The number of hydrazine groups is 1. The van der Waals surface area contributed by atoms with Crippen LogP contribution in [0, 0.1) is 17.7 Å². The minimum atomic E-state index is -4.35. The maximum absolute atomic E-state index is 14.9. The molecule has 0 spiro atoms. The number of aliphatic carboxylic acids is 1. The quantitative estimate of drug-likeness (QED) is 0.0900. The van der Waals surface area contributed by atoms with Crippen molar-refractivity contribution in [1.29, 1.82) is 0 Å². The molecule has 10 nitrogen and oxygen atoms in total. The van der Waals surface area contributed by atoms with Crippen LogP contribution in [0.2, 0.25) is 0 Å². The van der Waals surface area contributed by atoms with Gasteiger partial charge in [-0.2, -0.15) is 4.72 Å². The number of hydrogen-bond donors (Lipinski definition) is 4. The molecule has 1 unspecified atom stereocenters. The molecule has 2 heterocycles. The van der Waals surface area contributed by atoms with Crippen molar-refractivity contribution < 1.29 is 27.5 Å². The number of nitrogen functional groups attached to an aromatic ring is 1. The number of carbonyl (C=O) groups excluding carboxylic acids is 1. The van der Waals surface area contributed by atoms with Crippen LogP contribution in [0.5, 0.6) is 0 Å². The van der Waals surface area contributed by atoms with Gasteiger partial charge in [0.1, 0.15) is 11.9 Å². The van der Waals surface area contributed by atoms with Crippen molar-refractivity contribution in [1.82, 2.24) is 20.1 Å². The van der Waals surface area contributed by atoms with Gasteiger partial charge in [0.2, 0.25) is 10.0 Å². The summed E-state index contributed by atoms with van der Waals surface area (Å²) in [6.45, 7) is 0. The van der Waals surface area contributed by atoms with Crippen LogP contribution in [0.4, 0.5) is 4.39 Å². The molecule has 0 fully saturated rings. The van der Waals surface area contributed by atoms with E-state index in [2.05, 4.69) is 32.0 Å². The number of nitrogens with zero attached hydrogens (tertiary/aromatic N) is 2. The van der Waals surface area contributed by atoms with Gasteiger partial charge in [0, 0.05) is 28.9 Å². The molecule has 5 N–H and O–H groups in total. The van der Waals surface area contributed by atoms with Crippen LogP contribution in [0.1, 0.15) is 27.0 Å². The van der Waals surface area contributed by atoms with E-state index in [1.807, 2.05) is 0 Å². The average molecular weight is 610 g/mol. The average Bonchev–Trinajstić information content (AvgIpc) is 3.03. The normalized spacial score (nSPS) is 11.8. The molecule has 3 aromatic carbocycles. The third-order valence-corrected chi connectivity index (χ3v) is 8.11. The molecule has 0 aliphatic heterocycles. The van der Waals surface area contributed by atoms with Crippen LogP contribution in [0.25, 0.3) is 22.2 Å². The van der Waals surface area contributed by atoms with Crippen molar-refractivity contribution in [3.8, 4) is 23.1 Å². The summed E-state index contributed by atoms with van der Waals surface area (Å²) in [5.41, 5.74) is 5.34. The molecule has 0 aliphatic carbocycles. The Labute approximate surface area is 251 Å². The molecule has 1 amide bonds. The van der Waals surface area contributed by atoms with E-state index in [-0.39, 0.29) is 12.0 Å². The van der Waals surface area contributed by atoms with Gasteiger partial charge in [-0.15, -0.1) is 0 Å². The molecular formula is C32H24FN5O5S. The van der Waals surface area contributed by atoms with Gasteiger partial charge in [-0.1, -0.05) is 54.3 Å². The molecule has 44 heavy (non-hydrogen) atoms. The Balaban J connectivity index is 1.34. The SMILES string of the molecule is NNC(=O)c1cc(-c2ccc(C#Cc3ccc(S(=O)(=O)NC(Cc4ccccc4)C(=O)O)cc3F)cc2)nc2ccncc12. The summed E-state index contributed by atoms with van der Waals surface area (Å²) in [6.07, 6.45) is 3.02. The Morgan fingerprint density at radius 2 is 1.73 bits per heavy atom. The first kappa shape index (κ1) is 30.0. The fourth-order valence-electron chi connectivity index (χ4n) is 4.39. The van der Waals surface area contributed by atoms with Crippen LogP contribution in [-0.4, -0.2) is 41.4 Å².